The van der Waals surface area contributed by atoms with Crippen LogP contribution in [0.4, 0.5) is 11.4 Å². The van der Waals surface area contributed by atoms with E-state index in [1.807, 2.05) is 6.07 Å². The third-order valence-corrected chi connectivity index (χ3v) is 3.76. The fourth-order valence-electron chi connectivity index (χ4n) is 1.92. The number of nitrogens with zero attached hydrogens (tertiary/aromatic N) is 1. The van der Waals surface area contributed by atoms with Gasteiger partial charge in [-0.05, 0) is 48.9 Å². The highest BCUT2D eigenvalue weighted by Gasteiger charge is 2.11. The Morgan fingerprint density at radius 1 is 1.25 bits per heavy atom. The Bertz CT molecular complexity index is 808. The standard InChI is InChI=1S/C18H16ClN3O2/c1-12-16(19)4-3-5-17(12)22-18(23)13(10-20)11-21-14-6-8-15(24-2)9-7-14/h3-9,11,21H,1-2H3,(H,22,23)/b13-11-. The lowest BCUT2D eigenvalue weighted by Crippen LogP contribution is -2.15. The summed E-state index contributed by atoms with van der Waals surface area (Å²) in [5.41, 5.74) is 1.99. The van der Waals surface area contributed by atoms with Gasteiger partial charge in [0.1, 0.15) is 17.4 Å². The molecule has 0 fully saturated rings. The third kappa shape index (κ3) is 4.28. The van der Waals surface area contributed by atoms with Crippen LogP contribution in [0.5, 0.6) is 5.75 Å². The number of rotatable bonds is 5. The maximum Gasteiger partial charge on any atom is 0.267 e. The van der Waals surface area contributed by atoms with Crippen LogP contribution in [-0.2, 0) is 4.79 Å². The molecule has 0 unspecified atom stereocenters. The molecule has 0 saturated heterocycles. The number of nitrogens with one attached hydrogen (secondary N) is 2. The van der Waals surface area contributed by atoms with E-state index >= 15 is 0 Å². The Hall–Kier alpha value is -2.97. The lowest BCUT2D eigenvalue weighted by atomic mass is 10.2. The van der Waals surface area contributed by atoms with Crippen LogP contribution in [0.2, 0.25) is 5.02 Å². The van der Waals surface area contributed by atoms with E-state index in [0.717, 1.165) is 17.0 Å². The molecular formula is C18H16ClN3O2. The van der Waals surface area contributed by atoms with Gasteiger partial charge >= 0.3 is 0 Å². The van der Waals surface area contributed by atoms with Gasteiger partial charge in [-0.25, -0.2) is 0 Å². The average molecular weight is 342 g/mol. The minimum atomic E-state index is -0.510. The zero-order chi connectivity index (χ0) is 17.5. The first-order chi connectivity index (χ1) is 11.5. The SMILES string of the molecule is COc1ccc(N/C=C(/C#N)C(=O)Nc2cccc(Cl)c2C)cc1. The molecule has 0 aliphatic rings. The maximum absolute atomic E-state index is 12.2. The number of halogens is 1. The van der Waals surface area contributed by atoms with Crippen molar-refractivity contribution in [1.82, 2.24) is 0 Å². The summed E-state index contributed by atoms with van der Waals surface area (Å²) in [5, 5.41) is 15.3. The van der Waals surface area contributed by atoms with Crippen molar-refractivity contribution >= 4 is 28.9 Å². The largest absolute Gasteiger partial charge is 0.497 e. The van der Waals surface area contributed by atoms with Crippen molar-refractivity contribution in [2.24, 2.45) is 0 Å². The Kier molecular flexibility index (Phi) is 5.83. The molecule has 2 rings (SSSR count). The summed E-state index contributed by atoms with van der Waals surface area (Å²) in [6, 6.07) is 14.2. The number of amides is 1. The quantitative estimate of drug-likeness (QED) is 0.634. The van der Waals surface area contributed by atoms with Gasteiger partial charge in [-0.1, -0.05) is 17.7 Å². The third-order valence-electron chi connectivity index (χ3n) is 3.35. The first-order valence-corrected chi connectivity index (χ1v) is 7.50. The molecule has 0 atom stereocenters. The molecule has 5 nitrogen and oxygen atoms in total. The number of carbonyl (C=O) groups excluding carboxylic acids is 1. The van der Waals surface area contributed by atoms with Crippen molar-refractivity contribution in [3.63, 3.8) is 0 Å². The second kappa shape index (κ2) is 8.04. The van der Waals surface area contributed by atoms with Gasteiger partial charge in [-0.3, -0.25) is 4.79 Å². The molecule has 2 aromatic rings. The minimum Gasteiger partial charge on any atom is -0.497 e. The number of carbonyl (C=O) groups is 1. The van der Waals surface area contributed by atoms with Crippen molar-refractivity contribution in [1.29, 1.82) is 5.26 Å². The molecule has 0 radical (unpaired) electrons. The summed E-state index contributed by atoms with van der Waals surface area (Å²) in [4.78, 5) is 12.2. The fraction of sp³-hybridized carbons (Fsp3) is 0.111. The minimum absolute atomic E-state index is 0.0507. The van der Waals surface area contributed by atoms with E-state index < -0.39 is 5.91 Å². The van der Waals surface area contributed by atoms with Gasteiger partial charge in [0.05, 0.1) is 7.11 Å². The summed E-state index contributed by atoms with van der Waals surface area (Å²) in [6.45, 7) is 1.79. The maximum atomic E-state index is 12.2. The zero-order valence-corrected chi connectivity index (χ0v) is 14.0. The van der Waals surface area contributed by atoms with Gasteiger partial charge in [0, 0.05) is 22.6 Å². The number of nitriles is 1. The monoisotopic (exact) mass is 341 g/mol. The van der Waals surface area contributed by atoms with E-state index in [9.17, 15) is 10.1 Å². The van der Waals surface area contributed by atoms with Gasteiger partial charge in [0.25, 0.3) is 5.91 Å². The molecule has 2 aromatic carbocycles. The Labute approximate surface area is 145 Å². The molecule has 0 saturated carbocycles. The van der Waals surface area contributed by atoms with Crippen LogP contribution < -0.4 is 15.4 Å². The lowest BCUT2D eigenvalue weighted by molar-refractivity contribution is -0.112. The average Bonchev–Trinajstić information content (AvgIpc) is 2.60. The number of hydrogen-bond acceptors (Lipinski definition) is 4. The molecule has 6 heteroatoms. The highest BCUT2D eigenvalue weighted by atomic mass is 35.5. The van der Waals surface area contributed by atoms with Crippen LogP contribution in [0.25, 0.3) is 0 Å². The summed E-state index contributed by atoms with van der Waals surface area (Å²) in [7, 11) is 1.58. The molecule has 1 amide bonds. The number of benzene rings is 2. The van der Waals surface area contributed by atoms with Crippen LogP contribution in [0, 0.1) is 18.3 Å². The summed E-state index contributed by atoms with van der Waals surface area (Å²) < 4.78 is 5.07. The van der Waals surface area contributed by atoms with E-state index in [-0.39, 0.29) is 5.57 Å². The van der Waals surface area contributed by atoms with Crippen molar-refractivity contribution < 1.29 is 9.53 Å². The van der Waals surface area contributed by atoms with Crippen molar-refractivity contribution in [3.8, 4) is 11.8 Å². The Balaban J connectivity index is 2.10. The van der Waals surface area contributed by atoms with Gasteiger partial charge in [0.2, 0.25) is 0 Å². The molecule has 0 heterocycles. The van der Waals surface area contributed by atoms with Crippen LogP contribution >= 0.6 is 11.6 Å². The van der Waals surface area contributed by atoms with Crippen LogP contribution in [0.1, 0.15) is 5.56 Å². The summed E-state index contributed by atoms with van der Waals surface area (Å²) in [6.07, 6.45) is 1.36. The molecule has 0 aliphatic heterocycles. The molecule has 0 bridgehead atoms. The van der Waals surface area contributed by atoms with E-state index in [0.29, 0.717) is 10.7 Å². The zero-order valence-electron chi connectivity index (χ0n) is 13.3. The molecule has 122 valence electrons. The highest BCUT2D eigenvalue weighted by Crippen LogP contribution is 2.23. The van der Waals surface area contributed by atoms with Crippen molar-refractivity contribution in [2.45, 2.75) is 6.92 Å². The summed E-state index contributed by atoms with van der Waals surface area (Å²) in [5.74, 6) is 0.211. The van der Waals surface area contributed by atoms with Gasteiger partial charge < -0.3 is 15.4 Å². The normalized spacial score (nSPS) is 10.7. The van der Waals surface area contributed by atoms with E-state index in [1.54, 1.807) is 56.5 Å². The van der Waals surface area contributed by atoms with Crippen LogP contribution in [-0.4, -0.2) is 13.0 Å². The number of anilines is 2. The Morgan fingerprint density at radius 2 is 1.96 bits per heavy atom. The first-order valence-electron chi connectivity index (χ1n) is 7.12. The highest BCUT2D eigenvalue weighted by molar-refractivity contribution is 6.31. The molecular weight excluding hydrogens is 326 g/mol. The van der Waals surface area contributed by atoms with E-state index in [1.165, 1.54) is 6.20 Å². The number of methoxy groups -OCH3 is 1. The first kappa shape index (κ1) is 17.4. The van der Waals surface area contributed by atoms with Crippen LogP contribution in [0.15, 0.2) is 54.2 Å². The molecule has 2 N–H and O–H groups in total. The summed E-state index contributed by atoms with van der Waals surface area (Å²) >= 11 is 6.02. The van der Waals surface area contributed by atoms with Crippen molar-refractivity contribution in [2.75, 3.05) is 17.7 Å². The predicted octanol–water partition coefficient (Wildman–Crippen LogP) is 4.12. The Morgan fingerprint density at radius 3 is 2.58 bits per heavy atom. The van der Waals surface area contributed by atoms with E-state index in [4.69, 9.17) is 16.3 Å². The van der Waals surface area contributed by atoms with Gasteiger partial charge in [0.15, 0.2) is 0 Å². The second-order valence-corrected chi connectivity index (χ2v) is 5.32. The molecule has 0 aromatic heterocycles. The molecule has 0 spiro atoms. The molecule has 0 aliphatic carbocycles. The number of hydrogen-bond donors (Lipinski definition) is 2. The second-order valence-electron chi connectivity index (χ2n) is 4.91. The molecule has 24 heavy (non-hydrogen) atoms. The topological polar surface area (TPSA) is 74.1 Å². The van der Waals surface area contributed by atoms with Gasteiger partial charge in [-0.15, -0.1) is 0 Å². The van der Waals surface area contributed by atoms with Gasteiger partial charge in [-0.2, -0.15) is 5.26 Å². The fourth-order valence-corrected chi connectivity index (χ4v) is 2.10. The van der Waals surface area contributed by atoms with E-state index in [2.05, 4.69) is 10.6 Å². The van der Waals surface area contributed by atoms with Crippen molar-refractivity contribution in [3.05, 3.63) is 64.8 Å². The smallest absolute Gasteiger partial charge is 0.267 e. The lowest BCUT2D eigenvalue weighted by Gasteiger charge is -2.09. The predicted molar refractivity (Wildman–Crippen MR) is 95.1 cm³/mol. The number of ether oxygens (including phenoxy) is 1. The van der Waals surface area contributed by atoms with Crippen LogP contribution in [0.3, 0.4) is 0 Å².